The molecule has 0 bridgehead atoms. The van der Waals surface area contributed by atoms with Crippen molar-refractivity contribution in [3.05, 3.63) is 0 Å². The third-order valence-electron chi connectivity index (χ3n) is 1.76. The van der Waals surface area contributed by atoms with Gasteiger partial charge in [-0.1, -0.05) is 0 Å². The first-order valence-electron chi connectivity index (χ1n) is 4.89. The maximum absolute atomic E-state index is 11.1. The minimum atomic E-state index is -0.597. The lowest BCUT2D eigenvalue weighted by atomic mass is 10.1. The van der Waals surface area contributed by atoms with E-state index in [1.54, 1.807) is 0 Å². The number of carbonyl (C=O) groups excluding carboxylic acids is 2. The van der Waals surface area contributed by atoms with Crippen LogP contribution in [0.1, 0.15) is 19.3 Å². The first-order valence-corrected chi connectivity index (χ1v) is 4.89. The van der Waals surface area contributed by atoms with Crippen LogP contribution in [0.15, 0.2) is 0 Å². The number of nitriles is 2. The lowest BCUT2D eigenvalue weighted by Gasteiger charge is -2.09. The van der Waals surface area contributed by atoms with Crippen LogP contribution in [-0.2, 0) is 23.8 Å². The van der Waals surface area contributed by atoms with Crippen molar-refractivity contribution in [2.45, 2.75) is 25.4 Å². The Kier molecular flexibility index (Phi) is 8.87. The minimum absolute atomic E-state index is 0.00863. The number of rotatable bonds is 9. The highest BCUT2D eigenvalue weighted by molar-refractivity contribution is 5.69. The van der Waals surface area contributed by atoms with E-state index in [2.05, 4.69) is 9.47 Å². The zero-order valence-corrected chi connectivity index (χ0v) is 9.13. The summed E-state index contributed by atoms with van der Waals surface area (Å²) in [6.45, 7) is -0.00144. The van der Waals surface area contributed by atoms with Crippen LogP contribution in [0, 0.1) is 23.0 Å². The molecule has 0 rings (SSSR count). The monoisotopic (exact) mass is 240 g/mol. The molecule has 0 aromatic heterocycles. The van der Waals surface area contributed by atoms with Crippen molar-refractivity contribution in [1.82, 2.24) is 0 Å². The average Bonchev–Trinajstić information content (AvgIpc) is 2.32. The molecule has 0 aromatic rings. The lowest BCUT2D eigenvalue weighted by molar-refractivity contribution is -0.145. The van der Waals surface area contributed by atoms with Gasteiger partial charge in [-0.3, -0.25) is 4.79 Å². The van der Waals surface area contributed by atoms with Crippen molar-refractivity contribution < 1.29 is 23.8 Å². The van der Waals surface area contributed by atoms with Crippen LogP contribution >= 0.6 is 0 Å². The zero-order chi connectivity index (χ0) is 12.9. The number of carbonyl (C=O) groups is 2. The molecule has 0 radical (unpaired) electrons. The highest BCUT2D eigenvalue weighted by Crippen LogP contribution is 2.06. The fourth-order valence-electron chi connectivity index (χ4n) is 1.00. The summed E-state index contributed by atoms with van der Waals surface area (Å²) in [5, 5.41) is 16.3. The van der Waals surface area contributed by atoms with Crippen molar-refractivity contribution in [3.8, 4) is 12.5 Å². The second kappa shape index (κ2) is 10.2. The van der Waals surface area contributed by atoms with Gasteiger partial charge in [-0.15, -0.1) is 0 Å². The molecule has 1 unspecified atom stereocenters. The van der Waals surface area contributed by atoms with Crippen LogP contribution in [0.25, 0.3) is 0 Å². The fourth-order valence-corrected chi connectivity index (χ4v) is 1.00. The highest BCUT2D eigenvalue weighted by atomic mass is 16.6. The van der Waals surface area contributed by atoms with Crippen molar-refractivity contribution in [3.63, 3.8) is 0 Å². The Bertz CT molecular complexity index is 318. The standard InChI is InChI=1S/C10H12N2O5/c11-7-15-5-6-16-10(14)2-1-9(3-4-13)17-8-12/h4,9H,1-3,5-6H2. The third kappa shape index (κ3) is 8.70. The Morgan fingerprint density at radius 2 is 2.06 bits per heavy atom. The molecule has 92 valence electrons. The van der Waals surface area contributed by atoms with Gasteiger partial charge in [0.05, 0.1) is 0 Å². The molecule has 1 atom stereocenters. The van der Waals surface area contributed by atoms with E-state index in [0.29, 0.717) is 6.29 Å². The van der Waals surface area contributed by atoms with Crippen molar-refractivity contribution in [2.75, 3.05) is 13.2 Å². The Balaban J connectivity index is 3.69. The van der Waals surface area contributed by atoms with Gasteiger partial charge < -0.3 is 19.0 Å². The molecule has 0 spiro atoms. The summed E-state index contributed by atoms with van der Waals surface area (Å²) in [4.78, 5) is 21.4. The van der Waals surface area contributed by atoms with E-state index in [1.165, 1.54) is 12.5 Å². The van der Waals surface area contributed by atoms with E-state index in [4.69, 9.17) is 15.3 Å². The van der Waals surface area contributed by atoms with Gasteiger partial charge in [0.15, 0.2) is 0 Å². The lowest BCUT2D eigenvalue weighted by Crippen LogP contribution is -2.15. The number of esters is 1. The van der Waals surface area contributed by atoms with Crippen LogP contribution in [0.5, 0.6) is 0 Å². The van der Waals surface area contributed by atoms with E-state index in [-0.39, 0.29) is 32.5 Å². The minimum Gasteiger partial charge on any atom is -0.462 e. The Labute approximate surface area is 98.5 Å². The predicted molar refractivity (Wildman–Crippen MR) is 52.9 cm³/mol. The first-order chi connectivity index (χ1) is 8.24. The molecule has 0 aliphatic carbocycles. The van der Waals surface area contributed by atoms with Gasteiger partial charge in [0.2, 0.25) is 0 Å². The van der Waals surface area contributed by atoms with Gasteiger partial charge in [-0.2, -0.15) is 10.5 Å². The fraction of sp³-hybridized carbons (Fsp3) is 0.600. The second-order valence-electron chi connectivity index (χ2n) is 2.93. The SMILES string of the molecule is N#COCCOC(=O)CCC(CC=O)OC#N. The van der Waals surface area contributed by atoms with Crippen LogP contribution in [-0.4, -0.2) is 31.6 Å². The topological polar surface area (TPSA) is 109 Å². The van der Waals surface area contributed by atoms with E-state index < -0.39 is 12.1 Å². The summed E-state index contributed by atoms with van der Waals surface area (Å²) in [5.74, 6) is -0.496. The van der Waals surface area contributed by atoms with E-state index in [1.807, 2.05) is 0 Å². The average molecular weight is 240 g/mol. The normalized spacial score (nSPS) is 10.5. The van der Waals surface area contributed by atoms with Gasteiger partial charge in [0.25, 0.3) is 12.5 Å². The summed E-state index contributed by atoms with van der Waals surface area (Å²) in [6, 6.07) is 0. The second-order valence-corrected chi connectivity index (χ2v) is 2.93. The molecular weight excluding hydrogens is 228 g/mol. The molecule has 7 heteroatoms. The van der Waals surface area contributed by atoms with Crippen molar-refractivity contribution in [2.24, 2.45) is 0 Å². The van der Waals surface area contributed by atoms with E-state index in [0.717, 1.165) is 0 Å². The summed E-state index contributed by atoms with van der Waals surface area (Å²) >= 11 is 0. The molecule has 0 aromatic carbocycles. The summed E-state index contributed by atoms with van der Waals surface area (Å²) in [6.07, 6.45) is 3.25. The van der Waals surface area contributed by atoms with Gasteiger partial charge in [0, 0.05) is 12.8 Å². The molecule has 0 saturated heterocycles. The molecule has 7 nitrogen and oxygen atoms in total. The largest absolute Gasteiger partial charge is 0.462 e. The summed E-state index contributed by atoms with van der Waals surface area (Å²) in [7, 11) is 0. The Morgan fingerprint density at radius 1 is 1.29 bits per heavy atom. The predicted octanol–water partition coefficient (Wildman–Crippen LogP) is 0.263. The molecule has 0 aliphatic heterocycles. The highest BCUT2D eigenvalue weighted by Gasteiger charge is 2.12. The van der Waals surface area contributed by atoms with Gasteiger partial charge in [-0.05, 0) is 6.42 Å². The number of hydrogen-bond donors (Lipinski definition) is 0. The molecule has 0 saturated carbocycles. The Morgan fingerprint density at radius 3 is 2.65 bits per heavy atom. The smallest absolute Gasteiger partial charge is 0.306 e. The van der Waals surface area contributed by atoms with Gasteiger partial charge >= 0.3 is 5.97 Å². The maximum atomic E-state index is 11.1. The number of hydrogen-bond acceptors (Lipinski definition) is 7. The quantitative estimate of drug-likeness (QED) is 0.246. The number of ether oxygens (including phenoxy) is 3. The van der Waals surface area contributed by atoms with E-state index in [9.17, 15) is 9.59 Å². The molecule has 0 heterocycles. The summed E-state index contributed by atoms with van der Waals surface area (Å²) in [5.41, 5.74) is 0. The summed E-state index contributed by atoms with van der Waals surface area (Å²) < 4.78 is 13.6. The van der Waals surface area contributed by atoms with Gasteiger partial charge in [0.1, 0.15) is 25.6 Å². The van der Waals surface area contributed by atoms with Crippen molar-refractivity contribution in [1.29, 1.82) is 10.5 Å². The molecule has 0 aliphatic rings. The maximum Gasteiger partial charge on any atom is 0.306 e. The zero-order valence-electron chi connectivity index (χ0n) is 9.13. The first kappa shape index (κ1) is 14.7. The molecule has 0 fully saturated rings. The molecule has 17 heavy (non-hydrogen) atoms. The van der Waals surface area contributed by atoms with Crippen LogP contribution in [0.2, 0.25) is 0 Å². The molecular formula is C10H12N2O5. The molecule has 0 amide bonds. The Hall–Kier alpha value is -2.28. The van der Waals surface area contributed by atoms with E-state index >= 15 is 0 Å². The number of aldehydes is 1. The third-order valence-corrected chi connectivity index (χ3v) is 1.76. The van der Waals surface area contributed by atoms with Crippen LogP contribution < -0.4 is 0 Å². The van der Waals surface area contributed by atoms with Gasteiger partial charge in [-0.25, -0.2) is 0 Å². The number of nitrogens with zero attached hydrogens (tertiary/aromatic N) is 2. The molecule has 0 N–H and O–H groups in total. The van der Waals surface area contributed by atoms with Crippen LogP contribution in [0.4, 0.5) is 0 Å². The van der Waals surface area contributed by atoms with Crippen molar-refractivity contribution >= 4 is 12.3 Å². The van der Waals surface area contributed by atoms with Crippen LogP contribution in [0.3, 0.4) is 0 Å².